The number of carboxylic acids is 1. The highest BCUT2D eigenvalue weighted by atomic mass is 16.4. The minimum Gasteiger partial charge on any atom is -0.479 e. The Balaban J connectivity index is 1.83. The minimum absolute atomic E-state index is 0.0260. The highest BCUT2D eigenvalue weighted by molar-refractivity contribution is 5.95. The number of carboxylic acid groups (broad SMARTS) is 1. The van der Waals surface area contributed by atoms with Crippen molar-refractivity contribution >= 4 is 11.9 Å². The lowest BCUT2D eigenvalue weighted by Crippen LogP contribution is -2.50. The van der Waals surface area contributed by atoms with E-state index in [4.69, 9.17) is 5.11 Å². The maximum atomic E-state index is 12.8. The third-order valence-electron chi connectivity index (χ3n) is 5.11. The van der Waals surface area contributed by atoms with E-state index in [9.17, 15) is 14.7 Å². The molecule has 0 bridgehead atoms. The number of hydrogen-bond donors (Lipinski definition) is 2. The Kier molecular flexibility index (Phi) is 4.58. The van der Waals surface area contributed by atoms with Gasteiger partial charge in [0, 0.05) is 25.9 Å². The smallest absolute Gasteiger partial charge is 0.335 e. The second-order valence-corrected chi connectivity index (χ2v) is 6.97. The summed E-state index contributed by atoms with van der Waals surface area (Å²) in [5, 5.41) is 23.5. The molecule has 0 spiro atoms. The summed E-state index contributed by atoms with van der Waals surface area (Å²) in [6.07, 6.45) is 1.61. The number of nitrogens with zero attached hydrogens (tertiary/aromatic N) is 3. The van der Waals surface area contributed by atoms with Gasteiger partial charge in [0.2, 0.25) is 0 Å². The van der Waals surface area contributed by atoms with Gasteiger partial charge >= 0.3 is 5.97 Å². The molecule has 1 aliphatic rings. The first-order valence-corrected chi connectivity index (χ1v) is 8.60. The van der Waals surface area contributed by atoms with Gasteiger partial charge in [-0.25, -0.2) is 9.48 Å². The number of aryl methyl sites for hydroxylation is 2. The molecule has 2 N–H and O–H groups in total. The van der Waals surface area contributed by atoms with E-state index >= 15 is 0 Å². The molecule has 0 saturated carbocycles. The van der Waals surface area contributed by atoms with E-state index in [0.29, 0.717) is 5.56 Å². The van der Waals surface area contributed by atoms with Crippen molar-refractivity contribution in [2.45, 2.75) is 39.2 Å². The molecule has 3 rings (SSSR count). The normalized spacial score (nSPS) is 16.5. The monoisotopic (exact) mass is 357 g/mol. The second kappa shape index (κ2) is 6.57. The van der Waals surface area contributed by atoms with Gasteiger partial charge in [0.15, 0.2) is 5.60 Å². The van der Waals surface area contributed by atoms with Crippen LogP contribution >= 0.6 is 0 Å². The summed E-state index contributed by atoms with van der Waals surface area (Å²) in [7, 11) is 0. The molecule has 138 valence electrons. The fourth-order valence-electron chi connectivity index (χ4n) is 3.27. The van der Waals surface area contributed by atoms with Crippen LogP contribution < -0.4 is 0 Å². The molecule has 7 heteroatoms. The van der Waals surface area contributed by atoms with Crippen molar-refractivity contribution in [3.05, 3.63) is 46.8 Å². The highest BCUT2D eigenvalue weighted by Gasteiger charge is 2.40. The van der Waals surface area contributed by atoms with Gasteiger partial charge in [-0.15, -0.1) is 0 Å². The molecular formula is C19H23N3O4. The summed E-state index contributed by atoms with van der Waals surface area (Å²) in [6.45, 7) is 6.25. The fourth-order valence-corrected chi connectivity index (χ4v) is 3.27. The first-order chi connectivity index (χ1) is 12.2. The van der Waals surface area contributed by atoms with Crippen LogP contribution in [0, 0.1) is 20.8 Å². The molecule has 2 aromatic rings. The molecule has 0 atom stereocenters. The van der Waals surface area contributed by atoms with Crippen LogP contribution in [0.1, 0.15) is 40.0 Å². The maximum absolute atomic E-state index is 12.8. The maximum Gasteiger partial charge on any atom is 0.335 e. The number of amides is 1. The predicted molar refractivity (Wildman–Crippen MR) is 95.5 cm³/mol. The van der Waals surface area contributed by atoms with Gasteiger partial charge in [0.05, 0.1) is 23.1 Å². The summed E-state index contributed by atoms with van der Waals surface area (Å²) in [4.78, 5) is 25.5. The molecular weight excluding hydrogens is 334 g/mol. The van der Waals surface area contributed by atoms with E-state index in [0.717, 1.165) is 22.5 Å². The van der Waals surface area contributed by atoms with Crippen molar-refractivity contribution in [2.75, 3.05) is 13.1 Å². The number of aliphatic carboxylic acids is 1. The van der Waals surface area contributed by atoms with Crippen LogP contribution in [0.25, 0.3) is 5.69 Å². The summed E-state index contributed by atoms with van der Waals surface area (Å²) < 4.78 is 1.76. The van der Waals surface area contributed by atoms with E-state index in [-0.39, 0.29) is 31.8 Å². The Morgan fingerprint density at radius 3 is 2.42 bits per heavy atom. The van der Waals surface area contributed by atoms with Crippen molar-refractivity contribution in [3.8, 4) is 5.69 Å². The predicted octanol–water partition coefficient (Wildman–Crippen LogP) is 1.85. The SMILES string of the molecule is Cc1ccc(C)c(-n2ncc(C(=O)N3CCC(O)(C(=O)O)CC3)c2C)c1. The van der Waals surface area contributed by atoms with Crippen LogP contribution in [-0.4, -0.2) is 55.5 Å². The van der Waals surface area contributed by atoms with Crippen molar-refractivity contribution in [1.29, 1.82) is 0 Å². The second-order valence-electron chi connectivity index (χ2n) is 6.97. The van der Waals surface area contributed by atoms with Crippen molar-refractivity contribution < 1.29 is 19.8 Å². The number of aliphatic hydroxyl groups is 1. The number of carbonyl (C=O) groups excluding carboxylic acids is 1. The van der Waals surface area contributed by atoms with Crippen LogP contribution in [0.3, 0.4) is 0 Å². The summed E-state index contributed by atoms with van der Waals surface area (Å²) in [6, 6.07) is 6.07. The largest absolute Gasteiger partial charge is 0.479 e. The van der Waals surface area contributed by atoms with Crippen molar-refractivity contribution in [2.24, 2.45) is 0 Å². The van der Waals surface area contributed by atoms with Crippen LogP contribution in [0.5, 0.6) is 0 Å². The highest BCUT2D eigenvalue weighted by Crippen LogP contribution is 2.25. The average Bonchev–Trinajstić information content (AvgIpc) is 2.98. The Hall–Kier alpha value is -2.67. The third kappa shape index (κ3) is 3.10. The first-order valence-electron chi connectivity index (χ1n) is 8.60. The molecule has 1 aliphatic heterocycles. The number of benzene rings is 1. The van der Waals surface area contributed by atoms with Crippen LogP contribution in [0.4, 0.5) is 0 Å². The lowest BCUT2D eigenvalue weighted by molar-refractivity contribution is -0.162. The molecule has 1 aromatic heterocycles. The zero-order valence-electron chi connectivity index (χ0n) is 15.2. The summed E-state index contributed by atoms with van der Waals surface area (Å²) in [5.74, 6) is -1.42. The molecule has 1 fully saturated rings. The third-order valence-corrected chi connectivity index (χ3v) is 5.11. The van der Waals surface area contributed by atoms with E-state index in [1.807, 2.05) is 39.0 Å². The van der Waals surface area contributed by atoms with Gasteiger partial charge in [-0.3, -0.25) is 4.79 Å². The number of rotatable bonds is 3. The number of aromatic nitrogens is 2. The minimum atomic E-state index is -1.74. The standard InChI is InChI=1S/C19H23N3O4/c1-12-4-5-13(2)16(10-12)22-14(3)15(11-20-22)17(23)21-8-6-19(26,7-9-21)18(24)25/h4-5,10-11,26H,6-9H2,1-3H3,(H,24,25). The Bertz CT molecular complexity index is 864. The van der Waals surface area contributed by atoms with E-state index in [2.05, 4.69) is 5.10 Å². The molecule has 1 aromatic carbocycles. The Morgan fingerprint density at radius 1 is 1.15 bits per heavy atom. The van der Waals surface area contributed by atoms with Crippen LogP contribution in [-0.2, 0) is 4.79 Å². The molecule has 0 unspecified atom stereocenters. The van der Waals surface area contributed by atoms with Gasteiger partial charge < -0.3 is 15.1 Å². The zero-order chi connectivity index (χ0) is 19.1. The van der Waals surface area contributed by atoms with Gasteiger partial charge in [-0.1, -0.05) is 12.1 Å². The van der Waals surface area contributed by atoms with Crippen LogP contribution in [0.2, 0.25) is 0 Å². The number of carbonyl (C=O) groups is 2. The fraction of sp³-hybridized carbons (Fsp3) is 0.421. The zero-order valence-corrected chi connectivity index (χ0v) is 15.2. The summed E-state index contributed by atoms with van der Waals surface area (Å²) in [5.41, 5.74) is 2.59. The summed E-state index contributed by atoms with van der Waals surface area (Å²) >= 11 is 0. The molecule has 7 nitrogen and oxygen atoms in total. The molecule has 1 amide bonds. The Morgan fingerprint density at radius 2 is 1.81 bits per heavy atom. The number of hydrogen-bond acceptors (Lipinski definition) is 4. The average molecular weight is 357 g/mol. The molecule has 1 saturated heterocycles. The molecule has 26 heavy (non-hydrogen) atoms. The van der Waals surface area contributed by atoms with Crippen molar-refractivity contribution in [1.82, 2.24) is 14.7 Å². The topological polar surface area (TPSA) is 95.7 Å². The van der Waals surface area contributed by atoms with Crippen LogP contribution in [0.15, 0.2) is 24.4 Å². The van der Waals surface area contributed by atoms with Gasteiger partial charge in [0.1, 0.15) is 0 Å². The van der Waals surface area contributed by atoms with Gasteiger partial charge in [-0.05, 0) is 38.0 Å². The van der Waals surface area contributed by atoms with E-state index in [1.165, 1.54) is 0 Å². The molecule has 2 heterocycles. The molecule has 0 radical (unpaired) electrons. The van der Waals surface area contributed by atoms with E-state index in [1.54, 1.807) is 15.8 Å². The van der Waals surface area contributed by atoms with Gasteiger partial charge in [-0.2, -0.15) is 5.10 Å². The van der Waals surface area contributed by atoms with E-state index < -0.39 is 11.6 Å². The quantitative estimate of drug-likeness (QED) is 0.874. The van der Waals surface area contributed by atoms with Crippen molar-refractivity contribution in [3.63, 3.8) is 0 Å². The lowest BCUT2D eigenvalue weighted by atomic mass is 9.91. The lowest BCUT2D eigenvalue weighted by Gasteiger charge is -2.35. The Labute approximate surface area is 151 Å². The number of piperidine rings is 1. The number of likely N-dealkylation sites (tertiary alicyclic amines) is 1. The molecule has 0 aliphatic carbocycles. The first kappa shape index (κ1) is 18.1. The van der Waals surface area contributed by atoms with Gasteiger partial charge in [0.25, 0.3) is 5.91 Å².